The lowest BCUT2D eigenvalue weighted by atomic mass is 9.97. The molecule has 0 radical (unpaired) electrons. The van der Waals surface area contributed by atoms with E-state index < -0.39 is 13.7 Å². The third kappa shape index (κ3) is 20.0. The lowest BCUT2D eigenvalue weighted by Crippen LogP contribution is -2.46. The fourth-order valence-corrected chi connectivity index (χ4v) is 5.15. The average Bonchev–Trinajstić information content (AvgIpc) is 2.79. The molecule has 0 fully saturated rings. The van der Waals surface area contributed by atoms with Gasteiger partial charge >= 0.3 is 5.97 Å². The van der Waals surface area contributed by atoms with Gasteiger partial charge in [-0.1, -0.05) is 117 Å². The first-order chi connectivity index (χ1) is 17.3. The maximum atomic E-state index is 12.3. The summed E-state index contributed by atoms with van der Waals surface area (Å²) in [7, 11) is -1.99. The number of hydrogen-bond acceptors (Lipinski definition) is 4. The standard InChI is InChI=1S/C32H64O4Si/c1-10-11-12-13-14-15-16-17-18-19-20-21-22-23-24-25-26-34-27-29(28-35-30(33)31(2,3)4)36-37(8,9)32(5,6)7/h24-25,29H,10-23,26-28H2,1-9H3/b25-24+/t29-/m1/s1. The van der Waals surface area contributed by atoms with Crippen molar-refractivity contribution in [1.82, 2.24) is 0 Å². The Morgan fingerprint density at radius 3 is 1.68 bits per heavy atom. The van der Waals surface area contributed by atoms with Crippen molar-refractivity contribution >= 4 is 14.3 Å². The molecule has 0 N–H and O–H groups in total. The largest absolute Gasteiger partial charge is 0.462 e. The molecule has 0 aliphatic rings. The van der Waals surface area contributed by atoms with Gasteiger partial charge in [0.25, 0.3) is 0 Å². The van der Waals surface area contributed by atoms with Crippen LogP contribution in [0.1, 0.15) is 138 Å². The Bertz CT molecular complexity index is 587. The molecule has 1 atom stereocenters. The zero-order valence-electron chi connectivity index (χ0n) is 26.4. The minimum Gasteiger partial charge on any atom is -0.462 e. The van der Waals surface area contributed by atoms with Crippen molar-refractivity contribution in [2.24, 2.45) is 5.41 Å². The van der Waals surface area contributed by atoms with Crippen molar-refractivity contribution in [3.63, 3.8) is 0 Å². The third-order valence-electron chi connectivity index (χ3n) is 7.44. The normalized spacial score (nSPS) is 13.9. The Morgan fingerprint density at radius 1 is 0.730 bits per heavy atom. The predicted octanol–water partition coefficient (Wildman–Crippen LogP) is 10.0. The number of allylic oxidation sites excluding steroid dienone is 1. The van der Waals surface area contributed by atoms with Crippen LogP contribution in [0, 0.1) is 5.41 Å². The summed E-state index contributed by atoms with van der Waals surface area (Å²) < 4.78 is 18.0. The fourth-order valence-electron chi connectivity index (χ4n) is 3.83. The molecule has 0 aromatic carbocycles. The highest BCUT2D eigenvalue weighted by Gasteiger charge is 2.39. The quantitative estimate of drug-likeness (QED) is 0.0593. The molecular formula is C32H64O4Si. The fraction of sp³-hybridized carbons (Fsp3) is 0.906. The molecule has 0 aliphatic carbocycles. The van der Waals surface area contributed by atoms with Crippen LogP contribution in [0.3, 0.4) is 0 Å². The molecule has 0 bridgehead atoms. The molecule has 0 aromatic heterocycles. The van der Waals surface area contributed by atoms with Gasteiger partial charge in [-0.3, -0.25) is 4.79 Å². The van der Waals surface area contributed by atoms with Gasteiger partial charge in [-0.25, -0.2) is 0 Å². The van der Waals surface area contributed by atoms with Crippen molar-refractivity contribution in [2.75, 3.05) is 19.8 Å². The molecule has 0 aromatic rings. The Balaban J connectivity index is 4.03. The zero-order valence-corrected chi connectivity index (χ0v) is 27.4. The Labute approximate surface area is 232 Å². The van der Waals surface area contributed by atoms with E-state index in [1.807, 2.05) is 20.8 Å². The molecule has 220 valence electrons. The summed E-state index contributed by atoms with van der Waals surface area (Å²) in [6.07, 6.45) is 23.3. The molecule has 5 heteroatoms. The smallest absolute Gasteiger partial charge is 0.311 e. The summed E-state index contributed by atoms with van der Waals surface area (Å²) in [4.78, 5) is 12.3. The van der Waals surface area contributed by atoms with Crippen LogP contribution in [-0.4, -0.2) is 40.2 Å². The number of hydrogen-bond donors (Lipinski definition) is 0. The van der Waals surface area contributed by atoms with Crippen molar-refractivity contribution < 1.29 is 18.7 Å². The highest BCUT2D eigenvalue weighted by atomic mass is 28.4. The first kappa shape index (κ1) is 36.3. The van der Waals surface area contributed by atoms with E-state index in [4.69, 9.17) is 13.9 Å². The molecule has 37 heavy (non-hydrogen) atoms. The number of carbonyl (C=O) groups is 1. The van der Waals surface area contributed by atoms with E-state index >= 15 is 0 Å². The second kappa shape index (κ2) is 20.3. The van der Waals surface area contributed by atoms with Crippen molar-refractivity contribution in [1.29, 1.82) is 0 Å². The first-order valence-electron chi connectivity index (χ1n) is 15.4. The van der Waals surface area contributed by atoms with Crippen molar-refractivity contribution in [3.05, 3.63) is 12.2 Å². The van der Waals surface area contributed by atoms with Crippen LogP contribution in [-0.2, 0) is 18.7 Å². The minimum absolute atomic E-state index is 0.0904. The monoisotopic (exact) mass is 540 g/mol. The van der Waals surface area contributed by atoms with Gasteiger partial charge in [0.05, 0.1) is 18.6 Å². The molecular weight excluding hydrogens is 476 g/mol. The number of carbonyl (C=O) groups excluding carboxylic acids is 1. The predicted molar refractivity (Wildman–Crippen MR) is 163 cm³/mol. The van der Waals surface area contributed by atoms with E-state index in [-0.39, 0.29) is 23.7 Å². The molecule has 0 saturated carbocycles. The maximum Gasteiger partial charge on any atom is 0.311 e. The Morgan fingerprint density at radius 2 is 1.22 bits per heavy atom. The van der Waals surface area contributed by atoms with Gasteiger partial charge in [0.15, 0.2) is 8.32 Å². The van der Waals surface area contributed by atoms with Crippen LogP contribution in [0.2, 0.25) is 18.1 Å². The molecule has 0 unspecified atom stereocenters. The Kier molecular flexibility index (Phi) is 19.9. The van der Waals surface area contributed by atoms with E-state index in [1.54, 1.807) is 0 Å². The number of unbranched alkanes of at least 4 members (excludes halogenated alkanes) is 13. The lowest BCUT2D eigenvalue weighted by molar-refractivity contribution is -0.156. The topological polar surface area (TPSA) is 44.8 Å². The SMILES string of the molecule is CCCCCCCCCCCCCCC/C=C/COC[C@H](COC(=O)C(C)(C)C)O[Si](C)(C)C(C)(C)C. The Hall–Kier alpha value is -0.653. The van der Waals surface area contributed by atoms with Crippen molar-refractivity contribution in [3.8, 4) is 0 Å². The highest BCUT2D eigenvalue weighted by Crippen LogP contribution is 2.37. The average molecular weight is 541 g/mol. The molecule has 0 spiro atoms. The minimum atomic E-state index is -1.99. The number of rotatable bonds is 22. The van der Waals surface area contributed by atoms with Crippen LogP contribution in [0.5, 0.6) is 0 Å². The molecule has 0 amide bonds. The van der Waals surface area contributed by atoms with Crippen LogP contribution < -0.4 is 0 Å². The molecule has 4 nitrogen and oxygen atoms in total. The third-order valence-corrected chi connectivity index (χ3v) is 12.0. The van der Waals surface area contributed by atoms with Crippen LogP contribution >= 0.6 is 0 Å². The van der Waals surface area contributed by atoms with Gasteiger partial charge < -0.3 is 13.9 Å². The van der Waals surface area contributed by atoms with Gasteiger partial charge in [-0.05, 0) is 51.7 Å². The van der Waals surface area contributed by atoms with Crippen LogP contribution in [0.4, 0.5) is 0 Å². The van der Waals surface area contributed by atoms with E-state index in [9.17, 15) is 4.79 Å². The van der Waals surface area contributed by atoms with Crippen molar-refractivity contribution in [2.45, 2.75) is 163 Å². The van der Waals surface area contributed by atoms with Gasteiger partial charge in [0.2, 0.25) is 0 Å². The number of ether oxygens (including phenoxy) is 2. The summed E-state index contributed by atoms with van der Waals surface area (Å²) in [5.74, 6) is -0.200. The van der Waals surface area contributed by atoms with Gasteiger partial charge in [0.1, 0.15) is 12.7 Å². The highest BCUT2D eigenvalue weighted by molar-refractivity contribution is 6.74. The summed E-state index contributed by atoms with van der Waals surface area (Å²) >= 11 is 0. The van der Waals surface area contributed by atoms with Crippen LogP contribution in [0.15, 0.2) is 12.2 Å². The van der Waals surface area contributed by atoms with Gasteiger partial charge in [0, 0.05) is 0 Å². The van der Waals surface area contributed by atoms with E-state index in [1.165, 1.54) is 83.5 Å². The molecule has 0 saturated heterocycles. The summed E-state index contributed by atoms with van der Waals surface area (Å²) in [5, 5.41) is 0.0904. The maximum absolute atomic E-state index is 12.3. The number of esters is 1. The molecule has 0 aliphatic heterocycles. The van der Waals surface area contributed by atoms with Gasteiger partial charge in [-0.15, -0.1) is 0 Å². The van der Waals surface area contributed by atoms with Crippen LogP contribution in [0.25, 0.3) is 0 Å². The second-order valence-electron chi connectivity index (χ2n) is 13.4. The second-order valence-corrected chi connectivity index (χ2v) is 18.1. The van der Waals surface area contributed by atoms with E-state index in [2.05, 4.69) is 52.9 Å². The van der Waals surface area contributed by atoms with E-state index in [0.717, 1.165) is 6.42 Å². The first-order valence-corrected chi connectivity index (χ1v) is 18.3. The van der Waals surface area contributed by atoms with Gasteiger partial charge in [-0.2, -0.15) is 0 Å². The summed E-state index contributed by atoms with van der Waals surface area (Å²) in [6.45, 7) is 20.3. The zero-order chi connectivity index (χ0) is 28.2. The molecule has 0 heterocycles. The molecule has 0 rings (SSSR count). The summed E-state index contributed by atoms with van der Waals surface area (Å²) in [5.41, 5.74) is -0.515. The lowest BCUT2D eigenvalue weighted by Gasteiger charge is -2.39. The van der Waals surface area contributed by atoms with E-state index in [0.29, 0.717) is 13.2 Å². The summed E-state index contributed by atoms with van der Waals surface area (Å²) in [6, 6.07) is 0.